The molecule has 0 fully saturated rings. The fraction of sp³-hybridized carbons (Fsp3) is 0.222. The monoisotopic (exact) mass is 325 g/mol. The van der Waals surface area contributed by atoms with Crippen LogP contribution in [0.4, 0.5) is 0 Å². The second kappa shape index (κ2) is 6.38. The molecule has 0 bridgehead atoms. The molecule has 0 aliphatic carbocycles. The molecule has 0 saturated heterocycles. The summed E-state index contributed by atoms with van der Waals surface area (Å²) in [6.07, 6.45) is 1.77. The first-order valence-electron chi connectivity index (χ1n) is 7.49. The van der Waals surface area contributed by atoms with Crippen LogP contribution in [-0.2, 0) is 6.54 Å². The number of aryl methyl sites for hydroxylation is 2. The Balaban J connectivity index is 1.78. The third-order valence-corrected chi connectivity index (χ3v) is 4.62. The van der Waals surface area contributed by atoms with Crippen LogP contribution in [0, 0.1) is 20.8 Å². The topological polar surface area (TPSA) is 46.9 Å². The highest BCUT2D eigenvalue weighted by Gasteiger charge is 2.17. The maximum absolute atomic E-state index is 12.5. The Bertz CT molecular complexity index is 817. The van der Waals surface area contributed by atoms with Crippen LogP contribution in [0.25, 0.3) is 5.13 Å². The molecule has 0 aliphatic heterocycles. The van der Waals surface area contributed by atoms with E-state index in [2.05, 4.69) is 29.4 Å². The van der Waals surface area contributed by atoms with E-state index in [4.69, 9.17) is 0 Å². The van der Waals surface area contributed by atoms with Gasteiger partial charge >= 0.3 is 0 Å². The number of rotatable bonds is 4. The van der Waals surface area contributed by atoms with Gasteiger partial charge in [-0.1, -0.05) is 29.8 Å². The summed E-state index contributed by atoms with van der Waals surface area (Å²) in [6.45, 7) is 6.52. The molecule has 1 aromatic carbocycles. The lowest BCUT2D eigenvalue weighted by Crippen LogP contribution is -2.23. The Morgan fingerprint density at radius 3 is 2.61 bits per heavy atom. The molecule has 0 spiro atoms. The first-order chi connectivity index (χ1) is 11.1. The van der Waals surface area contributed by atoms with Crippen molar-refractivity contribution in [2.45, 2.75) is 27.3 Å². The molecule has 5 heteroatoms. The summed E-state index contributed by atoms with van der Waals surface area (Å²) in [5.41, 5.74) is 4.94. The molecular weight excluding hydrogens is 306 g/mol. The summed E-state index contributed by atoms with van der Waals surface area (Å²) in [5.74, 6) is -0.0542. The number of nitrogens with zero attached hydrogens (tertiary/aromatic N) is 2. The number of nitrogens with one attached hydrogen (secondary N) is 1. The molecule has 3 rings (SSSR count). The van der Waals surface area contributed by atoms with Crippen LogP contribution in [-0.4, -0.2) is 15.5 Å². The Hall–Kier alpha value is -2.40. The van der Waals surface area contributed by atoms with E-state index in [9.17, 15) is 4.79 Å². The lowest BCUT2D eigenvalue weighted by molar-refractivity contribution is 0.0950. The van der Waals surface area contributed by atoms with Crippen LogP contribution in [0.3, 0.4) is 0 Å². The second-order valence-corrected chi connectivity index (χ2v) is 6.48. The normalized spacial score (nSPS) is 10.7. The highest BCUT2D eigenvalue weighted by atomic mass is 32.1. The minimum absolute atomic E-state index is 0.0542. The SMILES string of the molecule is Cc1ccc(CNC(=O)c2cc(C)n(-c3nccs3)c2C)cc1. The van der Waals surface area contributed by atoms with Gasteiger partial charge < -0.3 is 5.32 Å². The molecule has 3 aromatic rings. The lowest BCUT2D eigenvalue weighted by atomic mass is 10.1. The average molecular weight is 325 g/mol. The van der Waals surface area contributed by atoms with E-state index in [0.717, 1.165) is 22.1 Å². The number of hydrogen-bond acceptors (Lipinski definition) is 3. The minimum atomic E-state index is -0.0542. The van der Waals surface area contributed by atoms with Crippen LogP contribution in [0.5, 0.6) is 0 Å². The van der Waals surface area contributed by atoms with Gasteiger partial charge in [-0.15, -0.1) is 11.3 Å². The number of hydrogen-bond donors (Lipinski definition) is 1. The highest BCUT2D eigenvalue weighted by Crippen LogP contribution is 2.22. The summed E-state index contributed by atoms with van der Waals surface area (Å²) in [5, 5.41) is 5.81. The zero-order valence-corrected chi connectivity index (χ0v) is 14.3. The average Bonchev–Trinajstić information content (AvgIpc) is 3.14. The lowest BCUT2D eigenvalue weighted by Gasteiger charge is -2.07. The number of benzene rings is 1. The number of thiazole rings is 1. The van der Waals surface area contributed by atoms with E-state index < -0.39 is 0 Å². The van der Waals surface area contributed by atoms with Gasteiger partial charge in [0.15, 0.2) is 5.13 Å². The molecule has 0 atom stereocenters. The summed E-state index contributed by atoms with van der Waals surface area (Å²) >= 11 is 1.56. The number of carbonyl (C=O) groups is 1. The first-order valence-corrected chi connectivity index (χ1v) is 8.37. The zero-order valence-electron chi connectivity index (χ0n) is 13.5. The Morgan fingerprint density at radius 2 is 1.96 bits per heavy atom. The molecule has 0 aliphatic rings. The predicted octanol–water partition coefficient (Wildman–Crippen LogP) is 3.79. The molecule has 2 aromatic heterocycles. The van der Waals surface area contributed by atoms with Gasteiger partial charge in [0.1, 0.15) is 0 Å². The van der Waals surface area contributed by atoms with E-state index in [1.54, 1.807) is 17.5 Å². The van der Waals surface area contributed by atoms with Gasteiger partial charge in [0, 0.05) is 29.5 Å². The fourth-order valence-corrected chi connectivity index (χ4v) is 3.35. The van der Waals surface area contributed by atoms with Crippen molar-refractivity contribution in [1.82, 2.24) is 14.9 Å². The molecule has 118 valence electrons. The number of amides is 1. The Morgan fingerprint density at radius 1 is 1.22 bits per heavy atom. The van der Waals surface area contributed by atoms with E-state index in [0.29, 0.717) is 12.1 Å². The third-order valence-electron chi connectivity index (χ3n) is 3.86. The van der Waals surface area contributed by atoms with Gasteiger partial charge in [0.25, 0.3) is 5.91 Å². The smallest absolute Gasteiger partial charge is 0.253 e. The molecule has 2 heterocycles. The Labute approximate surface area is 139 Å². The summed E-state index contributed by atoms with van der Waals surface area (Å²) in [4.78, 5) is 16.8. The largest absolute Gasteiger partial charge is 0.348 e. The molecule has 1 N–H and O–H groups in total. The summed E-state index contributed by atoms with van der Waals surface area (Å²) in [7, 11) is 0. The molecule has 0 saturated carbocycles. The molecular formula is C18H19N3OS. The molecule has 0 unspecified atom stereocenters. The second-order valence-electron chi connectivity index (χ2n) is 5.60. The van der Waals surface area contributed by atoms with E-state index in [1.165, 1.54) is 5.56 Å². The highest BCUT2D eigenvalue weighted by molar-refractivity contribution is 7.12. The van der Waals surface area contributed by atoms with Crippen molar-refractivity contribution in [3.8, 4) is 5.13 Å². The van der Waals surface area contributed by atoms with Crippen LogP contribution in [0.1, 0.15) is 32.9 Å². The van der Waals surface area contributed by atoms with Gasteiger partial charge in [-0.2, -0.15) is 0 Å². The summed E-state index contributed by atoms with van der Waals surface area (Å²) < 4.78 is 2.02. The van der Waals surface area contributed by atoms with E-state index >= 15 is 0 Å². The Kier molecular flexibility index (Phi) is 4.30. The van der Waals surface area contributed by atoms with Crippen molar-refractivity contribution in [2.24, 2.45) is 0 Å². The van der Waals surface area contributed by atoms with Crippen molar-refractivity contribution >= 4 is 17.2 Å². The van der Waals surface area contributed by atoms with Crippen LogP contribution < -0.4 is 5.32 Å². The maximum atomic E-state index is 12.5. The first kappa shape index (κ1) is 15.5. The maximum Gasteiger partial charge on any atom is 0.253 e. The van der Waals surface area contributed by atoms with Crippen LogP contribution in [0.15, 0.2) is 41.9 Å². The zero-order chi connectivity index (χ0) is 16.4. The molecule has 4 nitrogen and oxygen atoms in total. The van der Waals surface area contributed by atoms with Crippen LogP contribution in [0.2, 0.25) is 0 Å². The van der Waals surface area contributed by atoms with E-state index in [1.807, 2.05) is 42.0 Å². The summed E-state index contributed by atoms with van der Waals surface area (Å²) in [6, 6.07) is 10.1. The van der Waals surface area contributed by atoms with Gasteiger partial charge in [0.2, 0.25) is 0 Å². The van der Waals surface area contributed by atoms with Crippen molar-refractivity contribution in [2.75, 3.05) is 0 Å². The quantitative estimate of drug-likeness (QED) is 0.793. The van der Waals surface area contributed by atoms with Gasteiger partial charge in [-0.25, -0.2) is 4.98 Å². The van der Waals surface area contributed by atoms with E-state index in [-0.39, 0.29) is 5.91 Å². The van der Waals surface area contributed by atoms with Gasteiger partial charge in [-0.05, 0) is 32.4 Å². The number of aromatic nitrogens is 2. The number of carbonyl (C=O) groups excluding carboxylic acids is 1. The predicted molar refractivity (Wildman–Crippen MR) is 93.3 cm³/mol. The molecule has 1 amide bonds. The fourth-order valence-electron chi connectivity index (χ4n) is 2.60. The van der Waals surface area contributed by atoms with Crippen molar-refractivity contribution in [1.29, 1.82) is 0 Å². The van der Waals surface area contributed by atoms with Crippen molar-refractivity contribution in [3.05, 3.63) is 70.0 Å². The van der Waals surface area contributed by atoms with Gasteiger partial charge in [0.05, 0.1) is 5.56 Å². The van der Waals surface area contributed by atoms with Crippen LogP contribution >= 0.6 is 11.3 Å². The molecule has 0 radical (unpaired) electrons. The standard InChI is InChI=1S/C18H19N3OS/c1-12-4-6-15(7-5-12)11-20-17(22)16-10-13(2)21(14(16)3)18-19-8-9-23-18/h4-10H,11H2,1-3H3,(H,20,22). The van der Waals surface area contributed by atoms with Gasteiger partial charge in [-0.3, -0.25) is 9.36 Å². The van der Waals surface area contributed by atoms with Crippen molar-refractivity contribution in [3.63, 3.8) is 0 Å². The minimum Gasteiger partial charge on any atom is -0.348 e. The molecule has 23 heavy (non-hydrogen) atoms. The van der Waals surface area contributed by atoms with Crippen molar-refractivity contribution < 1.29 is 4.79 Å². The third kappa shape index (κ3) is 3.19.